The SMILES string of the molecule is COc1cc(Cl)ccc1C1=NC(C)(C)CO1. The van der Waals surface area contributed by atoms with E-state index < -0.39 is 0 Å². The number of ether oxygens (including phenoxy) is 2. The average Bonchev–Trinajstić information content (AvgIpc) is 2.58. The lowest BCUT2D eigenvalue weighted by Gasteiger charge is -2.08. The largest absolute Gasteiger partial charge is 0.496 e. The van der Waals surface area contributed by atoms with E-state index in [1.54, 1.807) is 19.2 Å². The van der Waals surface area contributed by atoms with Gasteiger partial charge in [0, 0.05) is 5.02 Å². The Morgan fingerprint density at radius 1 is 1.44 bits per heavy atom. The Hall–Kier alpha value is -1.22. The second-order valence-electron chi connectivity index (χ2n) is 4.36. The van der Waals surface area contributed by atoms with Crippen LogP contribution in [0.4, 0.5) is 0 Å². The smallest absolute Gasteiger partial charge is 0.220 e. The highest BCUT2D eigenvalue weighted by Gasteiger charge is 2.28. The third-order valence-electron chi connectivity index (χ3n) is 2.36. The summed E-state index contributed by atoms with van der Waals surface area (Å²) in [6.45, 7) is 4.65. The first-order valence-electron chi connectivity index (χ1n) is 5.08. The Kier molecular flexibility index (Phi) is 2.80. The van der Waals surface area contributed by atoms with Gasteiger partial charge in [-0.3, -0.25) is 0 Å². The van der Waals surface area contributed by atoms with Crippen LogP contribution in [0, 0.1) is 0 Å². The van der Waals surface area contributed by atoms with Crippen molar-refractivity contribution in [1.82, 2.24) is 0 Å². The Labute approximate surface area is 100 Å². The molecule has 0 unspecified atom stereocenters. The van der Waals surface area contributed by atoms with Crippen molar-refractivity contribution in [2.75, 3.05) is 13.7 Å². The standard InChI is InChI=1S/C12H14ClNO2/c1-12(2)7-16-11(14-12)9-5-4-8(13)6-10(9)15-3/h4-6H,7H2,1-3H3. The molecule has 0 aromatic heterocycles. The fourth-order valence-corrected chi connectivity index (χ4v) is 1.73. The normalized spacial score (nSPS) is 17.9. The zero-order chi connectivity index (χ0) is 11.8. The van der Waals surface area contributed by atoms with Crippen LogP contribution >= 0.6 is 11.6 Å². The molecule has 0 atom stereocenters. The predicted molar refractivity (Wildman–Crippen MR) is 64.6 cm³/mol. The number of benzene rings is 1. The van der Waals surface area contributed by atoms with Gasteiger partial charge in [0.05, 0.1) is 18.2 Å². The summed E-state index contributed by atoms with van der Waals surface area (Å²) in [4.78, 5) is 4.50. The maximum Gasteiger partial charge on any atom is 0.220 e. The minimum Gasteiger partial charge on any atom is -0.496 e. The molecule has 1 heterocycles. The monoisotopic (exact) mass is 239 g/mol. The Morgan fingerprint density at radius 3 is 2.75 bits per heavy atom. The van der Waals surface area contributed by atoms with E-state index >= 15 is 0 Å². The van der Waals surface area contributed by atoms with Crippen LogP contribution in [0.5, 0.6) is 5.75 Å². The van der Waals surface area contributed by atoms with E-state index in [9.17, 15) is 0 Å². The summed E-state index contributed by atoms with van der Waals surface area (Å²) in [6.07, 6.45) is 0. The summed E-state index contributed by atoms with van der Waals surface area (Å²) in [7, 11) is 1.61. The lowest BCUT2D eigenvalue weighted by molar-refractivity contribution is 0.278. The molecular formula is C12H14ClNO2. The first-order valence-corrected chi connectivity index (χ1v) is 5.46. The molecule has 0 bridgehead atoms. The fraction of sp³-hybridized carbons (Fsp3) is 0.417. The minimum absolute atomic E-state index is 0.167. The molecule has 3 nitrogen and oxygen atoms in total. The highest BCUT2D eigenvalue weighted by atomic mass is 35.5. The lowest BCUT2D eigenvalue weighted by atomic mass is 10.1. The van der Waals surface area contributed by atoms with Gasteiger partial charge >= 0.3 is 0 Å². The Bertz CT molecular complexity index is 441. The maximum atomic E-state index is 5.90. The molecule has 1 aromatic carbocycles. The summed E-state index contributed by atoms with van der Waals surface area (Å²) < 4.78 is 10.8. The number of hydrogen-bond donors (Lipinski definition) is 0. The van der Waals surface area contributed by atoms with E-state index in [4.69, 9.17) is 21.1 Å². The van der Waals surface area contributed by atoms with Gasteiger partial charge in [0.1, 0.15) is 12.4 Å². The number of methoxy groups -OCH3 is 1. The minimum atomic E-state index is -0.167. The molecule has 16 heavy (non-hydrogen) atoms. The van der Waals surface area contributed by atoms with Gasteiger partial charge in [0.2, 0.25) is 5.90 Å². The van der Waals surface area contributed by atoms with Crippen molar-refractivity contribution in [1.29, 1.82) is 0 Å². The fourth-order valence-electron chi connectivity index (χ4n) is 1.56. The molecule has 0 amide bonds. The molecule has 1 aliphatic heterocycles. The summed E-state index contributed by atoms with van der Waals surface area (Å²) in [6, 6.07) is 5.42. The number of aliphatic imine (C=N–C) groups is 1. The molecular weight excluding hydrogens is 226 g/mol. The van der Waals surface area contributed by atoms with Crippen LogP contribution in [0.1, 0.15) is 19.4 Å². The zero-order valence-corrected chi connectivity index (χ0v) is 10.3. The second kappa shape index (κ2) is 3.98. The second-order valence-corrected chi connectivity index (χ2v) is 4.80. The van der Waals surface area contributed by atoms with Gasteiger partial charge in [0.25, 0.3) is 0 Å². The summed E-state index contributed by atoms with van der Waals surface area (Å²) in [5.41, 5.74) is 0.678. The van der Waals surface area contributed by atoms with E-state index in [1.165, 1.54) is 0 Å². The Balaban J connectivity index is 2.42. The number of nitrogens with zero attached hydrogens (tertiary/aromatic N) is 1. The van der Waals surface area contributed by atoms with Crippen molar-refractivity contribution in [3.8, 4) is 5.75 Å². The molecule has 0 radical (unpaired) electrons. The summed E-state index contributed by atoms with van der Waals surface area (Å²) >= 11 is 5.90. The Morgan fingerprint density at radius 2 is 2.19 bits per heavy atom. The highest BCUT2D eigenvalue weighted by molar-refractivity contribution is 6.30. The molecule has 0 saturated heterocycles. The van der Waals surface area contributed by atoms with Crippen LogP contribution in [-0.2, 0) is 4.74 Å². The van der Waals surface area contributed by atoms with E-state index in [1.807, 2.05) is 19.9 Å². The van der Waals surface area contributed by atoms with Crippen molar-refractivity contribution in [3.63, 3.8) is 0 Å². The quantitative estimate of drug-likeness (QED) is 0.795. The third kappa shape index (κ3) is 2.14. The molecule has 4 heteroatoms. The van der Waals surface area contributed by atoms with Crippen molar-refractivity contribution >= 4 is 17.5 Å². The van der Waals surface area contributed by atoms with Crippen molar-refractivity contribution < 1.29 is 9.47 Å². The van der Waals surface area contributed by atoms with Gasteiger partial charge in [-0.25, -0.2) is 4.99 Å². The molecule has 0 spiro atoms. The van der Waals surface area contributed by atoms with Gasteiger partial charge in [-0.2, -0.15) is 0 Å². The molecule has 0 fully saturated rings. The van der Waals surface area contributed by atoms with Crippen LogP contribution in [0.3, 0.4) is 0 Å². The van der Waals surface area contributed by atoms with Crippen LogP contribution in [0.15, 0.2) is 23.2 Å². The van der Waals surface area contributed by atoms with Crippen LogP contribution in [0.25, 0.3) is 0 Å². The maximum absolute atomic E-state index is 5.90. The first kappa shape index (κ1) is 11.3. The van der Waals surface area contributed by atoms with Crippen molar-refractivity contribution in [2.45, 2.75) is 19.4 Å². The van der Waals surface area contributed by atoms with Crippen LogP contribution in [0.2, 0.25) is 5.02 Å². The van der Waals surface area contributed by atoms with Gasteiger partial charge in [0.15, 0.2) is 0 Å². The van der Waals surface area contributed by atoms with Crippen LogP contribution < -0.4 is 4.74 Å². The molecule has 1 aliphatic rings. The third-order valence-corrected chi connectivity index (χ3v) is 2.60. The van der Waals surface area contributed by atoms with E-state index in [0.717, 1.165) is 5.56 Å². The van der Waals surface area contributed by atoms with E-state index in [-0.39, 0.29) is 5.54 Å². The topological polar surface area (TPSA) is 30.8 Å². The van der Waals surface area contributed by atoms with Crippen molar-refractivity contribution in [3.05, 3.63) is 28.8 Å². The van der Waals surface area contributed by atoms with Gasteiger partial charge in [-0.05, 0) is 32.0 Å². The average molecular weight is 240 g/mol. The molecule has 0 aliphatic carbocycles. The van der Waals surface area contributed by atoms with Gasteiger partial charge < -0.3 is 9.47 Å². The molecule has 1 aromatic rings. The lowest BCUT2D eigenvalue weighted by Crippen LogP contribution is -2.17. The molecule has 0 N–H and O–H groups in total. The van der Waals surface area contributed by atoms with Crippen molar-refractivity contribution in [2.24, 2.45) is 4.99 Å². The number of rotatable bonds is 2. The van der Waals surface area contributed by atoms with E-state index in [0.29, 0.717) is 23.3 Å². The highest BCUT2D eigenvalue weighted by Crippen LogP contribution is 2.28. The number of hydrogen-bond acceptors (Lipinski definition) is 3. The molecule has 86 valence electrons. The van der Waals surface area contributed by atoms with Gasteiger partial charge in [-0.15, -0.1) is 0 Å². The van der Waals surface area contributed by atoms with Crippen LogP contribution in [-0.4, -0.2) is 25.2 Å². The molecule has 0 saturated carbocycles. The predicted octanol–water partition coefficient (Wildman–Crippen LogP) is 2.90. The van der Waals surface area contributed by atoms with E-state index in [2.05, 4.69) is 4.99 Å². The van der Waals surface area contributed by atoms with Gasteiger partial charge in [-0.1, -0.05) is 11.6 Å². The zero-order valence-electron chi connectivity index (χ0n) is 9.58. The first-order chi connectivity index (χ1) is 7.52. The summed E-state index contributed by atoms with van der Waals surface area (Å²) in [5.74, 6) is 1.31. The summed E-state index contributed by atoms with van der Waals surface area (Å²) in [5, 5.41) is 0.637. The molecule has 2 rings (SSSR count). The number of halogens is 1.